The molecule has 25 heavy (non-hydrogen) atoms. The molecule has 2 bridgehead atoms. The first-order chi connectivity index (χ1) is 11.8. The average Bonchev–Trinajstić information content (AvgIpc) is 2.75. The van der Waals surface area contributed by atoms with Crippen LogP contribution in [-0.2, 0) is 9.53 Å². The normalized spacial score (nSPS) is 51.6. The molecule has 4 saturated carbocycles. The molecule has 3 nitrogen and oxygen atoms in total. The zero-order chi connectivity index (χ0) is 18.0. The van der Waals surface area contributed by atoms with Crippen molar-refractivity contribution in [3.63, 3.8) is 0 Å². The number of fused-ring (bicyclic) bond motifs is 3. The van der Waals surface area contributed by atoms with Crippen LogP contribution in [0.5, 0.6) is 0 Å². The number of carbonyl (C=O) groups is 1. The number of aliphatic hydroxyl groups is 1. The predicted molar refractivity (Wildman–Crippen MR) is 97.8 cm³/mol. The average molecular weight is 347 g/mol. The summed E-state index contributed by atoms with van der Waals surface area (Å²) >= 11 is 0. The molecule has 1 N–H and O–H groups in total. The number of esters is 1. The molecule has 0 aliphatic heterocycles. The molecule has 140 valence electrons. The summed E-state index contributed by atoms with van der Waals surface area (Å²) in [5.41, 5.74) is 1.59. The smallest absolute Gasteiger partial charge is 0.303 e. The number of ether oxygens (including phenoxy) is 1. The first-order valence-electron chi connectivity index (χ1n) is 10.2. The first kappa shape index (κ1) is 17.6. The van der Waals surface area contributed by atoms with Crippen LogP contribution in [0.15, 0.2) is 12.2 Å². The monoisotopic (exact) mass is 346 g/mol. The van der Waals surface area contributed by atoms with Crippen LogP contribution in [0.25, 0.3) is 0 Å². The largest absolute Gasteiger partial charge is 0.457 e. The highest BCUT2D eigenvalue weighted by atomic mass is 16.5. The van der Waals surface area contributed by atoms with Crippen LogP contribution in [0.2, 0.25) is 0 Å². The summed E-state index contributed by atoms with van der Waals surface area (Å²) in [6.07, 6.45) is 9.39. The first-order valence-corrected chi connectivity index (χ1v) is 10.2. The fourth-order valence-electron chi connectivity index (χ4n) is 8.02. The van der Waals surface area contributed by atoms with E-state index in [0.717, 1.165) is 25.7 Å². The Labute approximate surface area is 152 Å². The summed E-state index contributed by atoms with van der Waals surface area (Å²) in [6.45, 7) is 11.0. The zero-order valence-corrected chi connectivity index (χ0v) is 16.1. The van der Waals surface area contributed by atoms with E-state index >= 15 is 0 Å². The molecule has 0 saturated heterocycles. The van der Waals surface area contributed by atoms with Crippen LogP contribution in [-0.4, -0.2) is 23.8 Å². The lowest BCUT2D eigenvalue weighted by Gasteiger charge is -2.64. The molecule has 3 heteroatoms. The van der Waals surface area contributed by atoms with Gasteiger partial charge < -0.3 is 9.84 Å². The summed E-state index contributed by atoms with van der Waals surface area (Å²) in [4.78, 5) is 11.8. The molecule has 0 heterocycles. The van der Waals surface area contributed by atoms with Crippen molar-refractivity contribution in [2.75, 3.05) is 6.61 Å². The molecule has 7 unspecified atom stereocenters. The van der Waals surface area contributed by atoms with Gasteiger partial charge in [0, 0.05) is 18.9 Å². The van der Waals surface area contributed by atoms with E-state index in [2.05, 4.69) is 20.4 Å². The minimum Gasteiger partial charge on any atom is -0.457 e. The Kier molecular flexibility index (Phi) is 3.92. The molecule has 0 aromatic heterocycles. The molecule has 7 atom stereocenters. The Morgan fingerprint density at radius 3 is 2.64 bits per heavy atom. The number of aliphatic hydroxyl groups excluding tert-OH is 1. The lowest BCUT2D eigenvalue weighted by molar-refractivity contribution is -0.190. The van der Waals surface area contributed by atoms with E-state index < -0.39 is 0 Å². The maximum absolute atomic E-state index is 11.8. The molecular weight excluding hydrogens is 312 g/mol. The molecule has 4 aliphatic rings. The standard InChI is InChI=1S/C22H34O3/c1-14-16-6-7-18-21(4)10-5-9-20(3,13-23)17(21)8-11-22(18,12-16)19(14)25-15(2)24/h16-19,23H,1,5-13H2,2-4H3. The SMILES string of the molecule is C=C1C2CCC3C4(C)CCCC(C)(CO)C4CCC3(C2)C1OC(C)=O. The third kappa shape index (κ3) is 2.23. The van der Waals surface area contributed by atoms with Gasteiger partial charge in [-0.15, -0.1) is 0 Å². The van der Waals surface area contributed by atoms with Crippen molar-refractivity contribution in [3.05, 3.63) is 12.2 Å². The van der Waals surface area contributed by atoms with Gasteiger partial charge in [0.2, 0.25) is 0 Å². The second-order valence-corrected chi connectivity index (χ2v) is 10.1. The lowest BCUT2D eigenvalue weighted by atomic mass is 9.41. The summed E-state index contributed by atoms with van der Waals surface area (Å²) in [7, 11) is 0. The van der Waals surface area contributed by atoms with Gasteiger partial charge in [-0.2, -0.15) is 0 Å². The molecule has 4 aliphatic carbocycles. The van der Waals surface area contributed by atoms with Gasteiger partial charge in [-0.05, 0) is 79.1 Å². The third-order valence-corrected chi connectivity index (χ3v) is 8.95. The van der Waals surface area contributed by atoms with Crippen molar-refractivity contribution in [3.8, 4) is 0 Å². The number of hydrogen-bond acceptors (Lipinski definition) is 3. The minimum absolute atomic E-state index is 0.0536. The van der Waals surface area contributed by atoms with Crippen LogP contribution < -0.4 is 0 Å². The highest BCUT2D eigenvalue weighted by Crippen LogP contribution is 2.72. The molecule has 0 radical (unpaired) electrons. The van der Waals surface area contributed by atoms with E-state index in [4.69, 9.17) is 4.74 Å². The summed E-state index contributed by atoms with van der Waals surface area (Å²) < 4.78 is 5.91. The Morgan fingerprint density at radius 1 is 1.20 bits per heavy atom. The highest BCUT2D eigenvalue weighted by molar-refractivity contribution is 5.66. The van der Waals surface area contributed by atoms with Crippen LogP contribution in [0.4, 0.5) is 0 Å². The van der Waals surface area contributed by atoms with E-state index in [1.54, 1.807) is 0 Å². The molecule has 0 amide bonds. The van der Waals surface area contributed by atoms with E-state index in [-0.39, 0.29) is 28.3 Å². The van der Waals surface area contributed by atoms with Crippen molar-refractivity contribution in [1.82, 2.24) is 0 Å². The molecule has 0 aromatic rings. The van der Waals surface area contributed by atoms with E-state index in [9.17, 15) is 9.90 Å². The molecule has 4 rings (SSSR count). The van der Waals surface area contributed by atoms with Crippen molar-refractivity contribution in [2.45, 2.75) is 78.2 Å². The minimum atomic E-state index is -0.164. The highest BCUT2D eigenvalue weighted by Gasteiger charge is 2.67. The topological polar surface area (TPSA) is 46.5 Å². The Bertz CT molecular complexity index is 598. The van der Waals surface area contributed by atoms with Crippen molar-refractivity contribution in [2.24, 2.45) is 34.0 Å². The zero-order valence-electron chi connectivity index (χ0n) is 16.1. The van der Waals surface area contributed by atoms with Gasteiger partial charge in [0.1, 0.15) is 6.10 Å². The number of rotatable bonds is 2. The predicted octanol–water partition coefficient (Wildman–Crippen LogP) is 4.49. The molecule has 0 aromatic carbocycles. The molecule has 1 spiro atoms. The van der Waals surface area contributed by atoms with Crippen molar-refractivity contribution < 1.29 is 14.6 Å². The van der Waals surface area contributed by atoms with Gasteiger partial charge in [0.15, 0.2) is 0 Å². The number of carbonyl (C=O) groups excluding carboxylic acids is 1. The van der Waals surface area contributed by atoms with Gasteiger partial charge >= 0.3 is 5.97 Å². The molecule has 4 fully saturated rings. The van der Waals surface area contributed by atoms with Gasteiger partial charge in [0.25, 0.3) is 0 Å². The van der Waals surface area contributed by atoms with Gasteiger partial charge in [-0.25, -0.2) is 0 Å². The second kappa shape index (κ2) is 5.58. The Morgan fingerprint density at radius 2 is 1.96 bits per heavy atom. The van der Waals surface area contributed by atoms with Crippen molar-refractivity contribution >= 4 is 5.97 Å². The van der Waals surface area contributed by atoms with Crippen LogP contribution in [0.3, 0.4) is 0 Å². The van der Waals surface area contributed by atoms with Crippen LogP contribution in [0, 0.1) is 34.0 Å². The van der Waals surface area contributed by atoms with Gasteiger partial charge in [0.05, 0.1) is 0 Å². The summed E-state index contributed by atoms with van der Waals surface area (Å²) in [6, 6.07) is 0. The van der Waals surface area contributed by atoms with E-state index in [1.165, 1.54) is 38.2 Å². The quantitative estimate of drug-likeness (QED) is 0.592. The number of hydrogen-bond donors (Lipinski definition) is 1. The van der Waals surface area contributed by atoms with Gasteiger partial charge in [-0.1, -0.05) is 26.8 Å². The fourth-order valence-corrected chi connectivity index (χ4v) is 8.02. The Balaban J connectivity index is 1.75. The summed E-state index contributed by atoms with van der Waals surface area (Å²) in [5.74, 6) is 1.54. The third-order valence-electron chi connectivity index (χ3n) is 8.95. The maximum Gasteiger partial charge on any atom is 0.303 e. The van der Waals surface area contributed by atoms with Gasteiger partial charge in [-0.3, -0.25) is 4.79 Å². The Hall–Kier alpha value is -0.830. The fraction of sp³-hybridized carbons (Fsp3) is 0.864. The summed E-state index contributed by atoms with van der Waals surface area (Å²) in [5, 5.41) is 10.2. The lowest BCUT2D eigenvalue weighted by Crippen LogP contribution is -2.59. The molecular formula is C22H34O3. The maximum atomic E-state index is 11.8. The van der Waals surface area contributed by atoms with Crippen LogP contribution >= 0.6 is 0 Å². The van der Waals surface area contributed by atoms with Crippen LogP contribution in [0.1, 0.15) is 72.1 Å². The van der Waals surface area contributed by atoms with Crippen molar-refractivity contribution in [1.29, 1.82) is 0 Å². The second-order valence-electron chi connectivity index (χ2n) is 10.1. The van der Waals surface area contributed by atoms with E-state index in [1.807, 2.05) is 0 Å². The van der Waals surface area contributed by atoms with E-state index in [0.29, 0.717) is 24.4 Å².